The highest BCUT2D eigenvalue weighted by Gasteiger charge is 2.31. The van der Waals surface area contributed by atoms with Gasteiger partial charge in [-0.25, -0.2) is 14.8 Å². The monoisotopic (exact) mass is 448 g/mol. The van der Waals surface area contributed by atoms with Crippen LogP contribution in [0.1, 0.15) is 26.3 Å². The molecule has 5 rings (SSSR count). The largest absolute Gasteiger partial charge is 0.417 e. The average molecular weight is 449 g/mol. The first-order chi connectivity index (χ1) is 15.8. The maximum Gasteiger partial charge on any atom is 0.417 e. The van der Waals surface area contributed by atoms with Gasteiger partial charge in [-0.3, -0.25) is 10.7 Å². The average Bonchev–Trinajstić information content (AvgIpc) is 3.15. The second-order valence-electron chi connectivity index (χ2n) is 8.84. The van der Waals surface area contributed by atoms with Gasteiger partial charge in [0.1, 0.15) is 11.6 Å². The lowest BCUT2D eigenvalue weighted by Gasteiger charge is -2.37. The predicted molar refractivity (Wildman–Crippen MR) is 129 cm³/mol. The second-order valence-corrected chi connectivity index (χ2v) is 8.84. The molecule has 0 amide bonds. The van der Waals surface area contributed by atoms with Crippen LogP contribution in [0.5, 0.6) is 0 Å². The standard InChI is InChI=1S/C23H28N8O2/c1-13-9-26-23(24,16-4-7-20(25-10-16)31-11-14(2)27-15(3)12-31)30-21(13)28-17-5-6-19-18(8-17)29-22(32)33-19/h4-10,14-15,27-28,30H,11-12,24H2,1-3H3,(H,29,32)/t14-,15+,23?. The molecule has 1 aromatic carbocycles. The van der Waals surface area contributed by atoms with Gasteiger partial charge in [0.2, 0.25) is 5.79 Å². The van der Waals surface area contributed by atoms with Crippen molar-refractivity contribution < 1.29 is 4.42 Å². The molecule has 2 aliphatic rings. The van der Waals surface area contributed by atoms with Gasteiger partial charge in [0.25, 0.3) is 0 Å². The van der Waals surface area contributed by atoms with E-state index in [-0.39, 0.29) is 0 Å². The van der Waals surface area contributed by atoms with Crippen molar-refractivity contribution in [1.82, 2.24) is 20.6 Å². The zero-order valence-electron chi connectivity index (χ0n) is 18.8. The second kappa shape index (κ2) is 8.05. The van der Waals surface area contributed by atoms with E-state index in [1.807, 2.05) is 25.1 Å². The first-order valence-electron chi connectivity index (χ1n) is 11.0. The first kappa shape index (κ1) is 21.2. The third-order valence-electron chi connectivity index (χ3n) is 5.93. The summed E-state index contributed by atoms with van der Waals surface area (Å²) in [6.45, 7) is 8.10. The normalized spacial score (nSPS) is 25.4. The van der Waals surface area contributed by atoms with E-state index in [2.05, 4.69) is 49.7 Å². The Balaban J connectivity index is 1.35. The minimum atomic E-state index is -1.16. The van der Waals surface area contributed by atoms with Gasteiger partial charge in [-0.1, -0.05) is 0 Å². The van der Waals surface area contributed by atoms with Crippen LogP contribution in [-0.4, -0.2) is 41.4 Å². The van der Waals surface area contributed by atoms with Crippen molar-refractivity contribution >= 4 is 28.8 Å². The number of hydrogen-bond acceptors (Lipinski definition) is 9. The number of nitrogens with one attached hydrogen (secondary N) is 4. The number of benzene rings is 1. The Morgan fingerprint density at radius 3 is 2.73 bits per heavy atom. The van der Waals surface area contributed by atoms with Gasteiger partial charge < -0.3 is 25.3 Å². The Labute approximate surface area is 191 Å². The van der Waals surface area contributed by atoms with E-state index >= 15 is 0 Å². The van der Waals surface area contributed by atoms with E-state index in [4.69, 9.17) is 10.2 Å². The van der Waals surface area contributed by atoms with Gasteiger partial charge in [0.05, 0.1) is 5.52 Å². The molecule has 6 N–H and O–H groups in total. The number of aromatic nitrogens is 2. The minimum Gasteiger partial charge on any atom is -0.408 e. The molecule has 0 saturated carbocycles. The summed E-state index contributed by atoms with van der Waals surface area (Å²) in [5, 5.41) is 10.2. The number of rotatable bonds is 4. The molecule has 0 spiro atoms. The molecular formula is C23H28N8O2. The van der Waals surface area contributed by atoms with E-state index < -0.39 is 11.5 Å². The highest BCUT2D eigenvalue weighted by atomic mass is 16.4. The number of fused-ring (bicyclic) bond motifs is 1. The topological polar surface area (TPSA) is 137 Å². The van der Waals surface area contributed by atoms with Crippen LogP contribution < -0.4 is 32.3 Å². The number of H-pyrrole nitrogens is 1. The number of piperazine rings is 1. The third kappa shape index (κ3) is 4.22. The molecule has 2 aromatic heterocycles. The molecule has 0 radical (unpaired) electrons. The smallest absolute Gasteiger partial charge is 0.408 e. The summed E-state index contributed by atoms with van der Waals surface area (Å²) in [6.07, 6.45) is 3.52. The maximum absolute atomic E-state index is 11.4. The molecule has 1 fully saturated rings. The van der Waals surface area contributed by atoms with E-state index in [1.54, 1.807) is 24.5 Å². The molecule has 10 heteroatoms. The number of allylic oxidation sites excluding steroid dienone is 1. The fourth-order valence-corrected chi connectivity index (χ4v) is 4.35. The molecule has 1 saturated heterocycles. The summed E-state index contributed by atoms with van der Waals surface area (Å²) in [5.74, 6) is -0.00526. The van der Waals surface area contributed by atoms with Crippen molar-refractivity contribution in [3.05, 3.63) is 64.0 Å². The van der Waals surface area contributed by atoms with Crippen LogP contribution in [0.15, 0.2) is 62.1 Å². The number of pyridine rings is 1. The van der Waals surface area contributed by atoms with Crippen molar-refractivity contribution in [2.45, 2.75) is 38.6 Å². The summed E-state index contributed by atoms with van der Waals surface area (Å²) < 4.78 is 5.07. The van der Waals surface area contributed by atoms with E-state index in [9.17, 15) is 4.79 Å². The Hall–Kier alpha value is -3.63. The summed E-state index contributed by atoms with van der Waals surface area (Å²) in [4.78, 5) is 25.6. The van der Waals surface area contributed by atoms with Crippen LogP contribution in [-0.2, 0) is 5.79 Å². The number of aromatic amines is 1. The van der Waals surface area contributed by atoms with Crippen LogP contribution in [0, 0.1) is 0 Å². The lowest BCUT2D eigenvalue weighted by molar-refractivity contribution is 0.393. The summed E-state index contributed by atoms with van der Waals surface area (Å²) in [5.41, 5.74) is 10.2. The zero-order chi connectivity index (χ0) is 23.2. The number of nitrogens with two attached hydrogens (primary N) is 1. The molecule has 1 unspecified atom stereocenters. The van der Waals surface area contributed by atoms with Gasteiger partial charge in [0, 0.05) is 54.4 Å². The molecule has 0 bridgehead atoms. The number of nitrogens with zero attached hydrogens (tertiary/aromatic N) is 3. The molecule has 3 aromatic rings. The van der Waals surface area contributed by atoms with Crippen LogP contribution in [0.4, 0.5) is 11.5 Å². The number of hydrogen-bond donors (Lipinski definition) is 5. The van der Waals surface area contributed by atoms with Crippen LogP contribution in [0.2, 0.25) is 0 Å². The Kier molecular flexibility index (Phi) is 5.18. The van der Waals surface area contributed by atoms with Gasteiger partial charge in [-0.05, 0) is 51.1 Å². The number of oxazole rings is 1. The molecule has 10 nitrogen and oxygen atoms in total. The lowest BCUT2D eigenvalue weighted by Crippen LogP contribution is -2.54. The third-order valence-corrected chi connectivity index (χ3v) is 5.93. The van der Waals surface area contributed by atoms with Crippen molar-refractivity contribution in [1.29, 1.82) is 0 Å². The zero-order valence-corrected chi connectivity index (χ0v) is 18.8. The van der Waals surface area contributed by atoms with Gasteiger partial charge in [0.15, 0.2) is 5.58 Å². The highest BCUT2D eigenvalue weighted by Crippen LogP contribution is 2.26. The molecule has 3 atom stereocenters. The molecule has 172 valence electrons. The van der Waals surface area contributed by atoms with E-state index in [0.29, 0.717) is 29.0 Å². The summed E-state index contributed by atoms with van der Waals surface area (Å²) in [7, 11) is 0. The molecule has 4 heterocycles. The fraction of sp³-hybridized carbons (Fsp3) is 0.348. The van der Waals surface area contributed by atoms with Gasteiger partial charge >= 0.3 is 5.76 Å². The van der Waals surface area contributed by atoms with Gasteiger partial charge in [-0.2, -0.15) is 0 Å². The van der Waals surface area contributed by atoms with Crippen molar-refractivity contribution in [2.75, 3.05) is 23.3 Å². The summed E-state index contributed by atoms with van der Waals surface area (Å²) in [6, 6.07) is 10.1. The first-order valence-corrected chi connectivity index (χ1v) is 11.0. The van der Waals surface area contributed by atoms with Crippen LogP contribution >= 0.6 is 0 Å². The van der Waals surface area contributed by atoms with Crippen molar-refractivity contribution in [2.24, 2.45) is 10.7 Å². The fourth-order valence-electron chi connectivity index (χ4n) is 4.35. The van der Waals surface area contributed by atoms with E-state index in [1.165, 1.54) is 0 Å². The predicted octanol–water partition coefficient (Wildman–Crippen LogP) is 1.79. The Bertz CT molecular complexity index is 1280. The highest BCUT2D eigenvalue weighted by molar-refractivity contribution is 5.82. The van der Waals surface area contributed by atoms with Crippen molar-refractivity contribution in [3.63, 3.8) is 0 Å². The van der Waals surface area contributed by atoms with E-state index in [0.717, 1.165) is 35.7 Å². The lowest BCUT2D eigenvalue weighted by atomic mass is 10.1. The van der Waals surface area contributed by atoms with Crippen LogP contribution in [0.25, 0.3) is 11.1 Å². The summed E-state index contributed by atoms with van der Waals surface area (Å²) >= 11 is 0. The quantitative estimate of drug-likeness (QED) is 0.407. The van der Waals surface area contributed by atoms with Gasteiger partial charge in [-0.15, -0.1) is 0 Å². The molecular weight excluding hydrogens is 420 g/mol. The Morgan fingerprint density at radius 1 is 1.21 bits per heavy atom. The molecule has 0 aliphatic carbocycles. The maximum atomic E-state index is 11.4. The van der Waals surface area contributed by atoms with Crippen molar-refractivity contribution in [3.8, 4) is 0 Å². The molecule has 2 aliphatic heterocycles. The van der Waals surface area contributed by atoms with Crippen LogP contribution in [0.3, 0.4) is 0 Å². The Morgan fingerprint density at radius 2 is 2.00 bits per heavy atom. The molecule has 33 heavy (non-hydrogen) atoms. The number of anilines is 2. The minimum absolute atomic E-state index is 0.404. The number of aliphatic imine (C=N–C) groups is 1. The SMILES string of the molecule is CC1=C(Nc2ccc3oc(=O)[nH]c3c2)NC(N)(c2ccc(N3C[C@@H](C)N[C@@H](C)C3)nc2)N=C1.